The number of carbonyl (C=O) groups is 1. The summed E-state index contributed by atoms with van der Waals surface area (Å²) in [6, 6.07) is 7.48. The van der Waals surface area contributed by atoms with Gasteiger partial charge in [0.2, 0.25) is 5.91 Å². The summed E-state index contributed by atoms with van der Waals surface area (Å²) in [6.45, 7) is 0. The van der Waals surface area contributed by atoms with Crippen molar-refractivity contribution in [1.82, 2.24) is 0 Å². The topological polar surface area (TPSA) is 55.1 Å². The first-order valence-electron chi connectivity index (χ1n) is 7.39. The van der Waals surface area contributed by atoms with E-state index in [0.29, 0.717) is 5.92 Å². The Morgan fingerprint density at radius 1 is 1.40 bits per heavy atom. The molecule has 0 heterocycles. The van der Waals surface area contributed by atoms with Crippen LogP contribution >= 0.6 is 11.8 Å². The molecule has 1 unspecified atom stereocenters. The van der Waals surface area contributed by atoms with Gasteiger partial charge in [0.05, 0.1) is 6.04 Å². The highest BCUT2D eigenvalue weighted by Crippen LogP contribution is 2.27. The Balaban J connectivity index is 1.86. The van der Waals surface area contributed by atoms with Crippen molar-refractivity contribution in [2.45, 2.75) is 49.5 Å². The van der Waals surface area contributed by atoms with Gasteiger partial charge in [-0.1, -0.05) is 38.2 Å². The number of hydrogen-bond acceptors (Lipinski definition) is 3. The number of benzene rings is 1. The van der Waals surface area contributed by atoms with E-state index >= 15 is 0 Å². The van der Waals surface area contributed by atoms with Crippen LogP contribution in [0.25, 0.3) is 0 Å². The van der Waals surface area contributed by atoms with E-state index in [-0.39, 0.29) is 5.91 Å². The summed E-state index contributed by atoms with van der Waals surface area (Å²) in [4.78, 5) is 13.3. The van der Waals surface area contributed by atoms with E-state index in [9.17, 15) is 4.79 Å². The van der Waals surface area contributed by atoms with Crippen LogP contribution in [0, 0.1) is 5.92 Å². The molecule has 0 spiro atoms. The molecule has 0 saturated heterocycles. The smallest absolute Gasteiger partial charge is 0.241 e. The van der Waals surface area contributed by atoms with Crippen molar-refractivity contribution >= 4 is 23.4 Å². The molecule has 2 rings (SSSR count). The first-order valence-corrected chi connectivity index (χ1v) is 8.62. The fourth-order valence-electron chi connectivity index (χ4n) is 2.82. The van der Waals surface area contributed by atoms with E-state index < -0.39 is 6.04 Å². The third kappa shape index (κ3) is 4.53. The number of thioether (sulfide) groups is 1. The maximum Gasteiger partial charge on any atom is 0.241 e. The molecule has 1 atom stereocenters. The molecule has 0 aliphatic heterocycles. The van der Waals surface area contributed by atoms with Gasteiger partial charge in [-0.05, 0) is 36.8 Å². The lowest BCUT2D eigenvalue weighted by Gasteiger charge is -2.24. The van der Waals surface area contributed by atoms with Crippen LogP contribution in [0.5, 0.6) is 0 Å². The van der Waals surface area contributed by atoms with E-state index in [1.165, 1.54) is 32.1 Å². The minimum Gasteiger partial charge on any atom is -0.325 e. The molecule has 1 aliphatic carbocycles. The van der Waals surface area contributed by atoms with Gasteiger partial charge >= 0.3 is 0 Å². The quantitative estimate of drug-likeness (QED) is 0.815. The van der Waals surface area contributed by atoms with Gasteiger partial charge in [-0.2, -0.15) is 0 Å². The largest absolute Gasteiger partial charge is 0.325 e. The molecular weight excluding hydrogens is 268 g/mol. The second kappa shape index (κ2) is 7.70. The van der Waals surface area contributed by atoms with Gasteiger partial charge in [0.15, 0.2) is 0 Å². The van der Waals surface area contributed by atoms with E-state index in [2.05, 4.69) is 5.32 Å². The van der Waals surface area contributed by atoms with Crippen molar-refractivity contribution in [3.05, 3.63) is 24.3 Å². The summed E-state index contributed by atoms with van der Waals surface area (Å²) < 4.78 is 0. The third-order valence-electron chi connectivity index (χ3n) is 3.99. The Morgan fingerprint density at radius 3 is 2.85 bits per heavy atom. The molecule has 0 bridgehead atoms. The first-order chi connectivity index (χ1) is 9.69. The van der Waals surface area contributed by atoms with Crippen LogP contribution < -0.4 is 11.1 Å². The summed E-state index contributed by atoms with van der Waals surface area (Å²) in [7, 11) is 0. The maximum atomic E-state index is 12.1. The van der Waals surface area contributed by atoms with E-state index in [4.69, 9.17) is 5.73 Å². The molecule has 3 N–H and O–H groups in total. The minimum atomic E-state index is -0.393. The number of nitrogens with one attached hydrogen (secondary N) is 1. The average Bonchev–Trinajstić information content (AvgIpc) is 2.48. The lowest BCUT2D eigenvalue weighted by molar-refractivity contribution is -0.117. The first kappa shape index (κ1) is 15.4. The van der Waals surface area contributed by atoms with Crippen molar-refractivity contribution in [1.29, 1.82) is 0 Å². The zero-order valence-corrected chi connectivity index (χ0v) is 12.9. The van der Waals surface area contributed by atoms with Crippen LogP contribution in [0.15, 0.2) is 29.2 Å². The molecule has 1 fully saturated rings. The maximum absolute atomic E-state index is 12.1. The Kier molecular flexibility index (Phi) is 5.92. The monoisotopic (exact) mass is 292 g/mol. The Labute approximate surface area is 125 Å². The Hall–Kier alpha value is -1.00. The fraction of sp³-hybridized carbons (Fsp3) is 0.562. The molecule has 0 aromatic heterocycles. The van der Waals surface area contributed by atoms with Crippen molar-refractivity contribution in [3.8, 4) is 0 Å². The van der Waals surface area contributed by atoms with Gasteiger partial charge in [-0.25, -0.2) is 0 Å². The second-order valence-corrected chi connectivity index (χ2v) is 6.45. The van der Waals surface area contributed by atoms with Crippen molar-refractivity contribution in [3.63, 3.8) is 0 Å². The normalized spacial score (nSPS) is 17.7. The number of nitrogens with two attached hydrogens (primary N) is 1. The van der Waals surface area contributed by atoms with Crippen molar-refractivity contribution in [2.75, 3.05) is 11.6 Å². The van der Waals surface area contributed by atoms with Gasteiger partial charge in [0.25, 0.3) is 0 Å². The highest BCUT2D eigenvalue weighted by atomic mass is 32.2. The molecule has 20 heavy (non-hydrogen) atoms. The standard InChI is InChI=1S/C16H24N2OS/c1-20-14-9-5-8-13(11-14)18-16(19)15(17)10-12-6-3-2-4-7-12/h5,8-9,11-12,15H,2-4,6-7,10,17H2,1H3,(H,18,19). The summed E-state index contributed by atoms with van der Waals surface area (Å²) in [5, 5.41) is 2.93. The van der Waals surface area contributed by atoms with Gasteiger partial charge in [0.1, 0.15) is 0 Å². The molecule has 1 amide bonds. The summed E-state index contributed by atoms with van der Waals surface area (Å²) >= 11 is 1.66. The van der Waals surface area contributed by atoms with Crippen LogP contribution in [0.4, 0.5) is 5.69 Å². The molecule has 1 aliphatic rings. The molecule has 1 aromatic carbocycles. The predicted molar refractivity (Wildman–Crippen MR) is 86.0 cm³/mol. The van der Waals surface area contributed by atoms with Gasteiger partial charge in [-0.15, -0.1) is 11.8 Å². The number of anilines is 1. The number of hydrogen-bond donors (Lipinski definition) is 2. The third-order valence-corrected chi connectivity index (χ3v) is 4.71. The van der Waals surface area contributed by atoms with Crippen LogP contribution in [-0.2, 0) is 4.79 Å². The van der Waals surface area contributed by atoms with E-state index in [0.717, 1.165) is 17.0 Å². The predicted octanol–water partition coefficient (Wildman–Crippen LogP) is 3.64. The average molecular weight is 292 g/mol. The SMILES string of the molecule is CSc1cccc(NC(=O)C(N)CC2CCCCC2)c1. The summed E-state index contributed by atoms with van der Waals surface area (Å²) in [5.74, 6) is 0.566. The van der Waals surface area contributed by atoms with Crippen LogP contribution in [0.1, 0.15) is 38.5 Å². The van der Waals surface area contributed by atoms with E-state index in [1.54, 1.807) is 11.8 Å². The molecular formula is C16H24N2OS. The van der Waals surface area contributed by atoms with Crippen LogP contribution in [0.2, 0.25) is 0 Å². The summed E-state index contributed by atoms with van der Waals surface area (Å²) in [5.41, 5.74) is 6.88. The number of rotatable bonds is 5. The zero-order chi connectivity index (χ0) is 14.4. The van der Waals surface area contributed by atoms with Gasteiger partial charge in [0, 0.05) is 10.6 Å². The minimum absolute atomic E-state index is 0.0613. The molecule has 1 saturated carbocycles. The van der Waals surface area contributed by atoms with Crippen molar-refractivity contribution in [2.24, 2.45) is 11.7 Å². The highest BCUT2D eigenvalue weighted by molar-refractivity contribution is 7.98. The molecule has 4 heteroatoms. The molecule has 3 nitrogen and oxygen atoms in total. The lowest BCUT2D eigenvalue weighted by atomic mass is 9.85. The second-order valence-electron chi connectivity index (χ2n) is 5.57. The molecule has 1 aromatic rings. The van der Waals surface area contributed by atoms with Crippen molar-refractivity contribution < 1.29 is 4.79 Å². The Morgan fingerprint density at radius 2 is 2.15 bits per heavy atom. The van der Waals surface area contributed by atoms with E-state index in [1.807, 2.05) is 30.5 Å². The fourth-order valence-corrected chi connectivity index (χ4v) is 3.28. The number of carbonyl (C=O) groups excluding carboxylic acids is 1. The lowest BCUT2D eigenvalue weighted by Crippen LogP contribution is -2.37. The van der Waals surface area contributed by atoms with Crippen LogP contribution in [-0.4, -0.2) is 18.2 Å². The van der Waals surface area contributed by atoms with Gasteiger partial charge in [-0.3, -0.25) is 4.79 Å². The Bertz CT molecular complexity index is 444. The molecule has 0 radical (unpaired) electrons. The summed E-state index contributed by atoms with van der Waals surface area (Å²) in [6.07, 6.45) is 9.19. The van der Waals surface area contributed by atoms with Gasteiger partial charge < -0.3 is 11.1 Å². The molecule has 110 valence electrons. The van der Waals surface area contributed by atoms with Crippen LogP contribution in [0.3, 0.4) is 0 Å². The highest BCUT2D eigenvalue weighted by Gasteiger charge is 2.21. The number of amides is 1. The zero-order valence-electron chi connectivity index (χ0n) is 12.1.